The molecule has 0 radical (unpaired) electrons. The van der Waals surface area contributed by atoms with Gasteiger partial charge in [0.1, 0.15) is 0 Å². The summed E-state index contributed by atoms with van der Waals surface area (Å²) in [5.41, 5.74) is 0.230. The summed E-state index contributed by atoms with van der Waals surface area (Å²) in [7, 11) is 1.77. The van der Waals surface area contributed by atoms with Gasteiger partial charge in [-0.05, 0) is 63.1 Å². The van der Waals surface area contributed by atoms with Crippen molar-refractivity contribution >= 4 is 0 Å². The van der Waals surface area contributed by atoms with E-state index in [1.807, 2.05) is 0 Å². The van der Waals surface area contributed by atoms with Crippen LogP contribution in [0.2, 0.25) is 0 Å². The van der Waals surface area contributed by atoms with Crippen molar-refractivity contribution < 1.29 is 17.9 Å². The van der Waals surface area contributed by atoms with Crippen LogP contribution in [-0.2, 0) is 17.3 Å². The van der Waals surface area contributed by atoms with E-state index in [1.165, 1.54) is 50.7 Å². The Bertz CT molecular complexity index is 505. The van der Waals surface area contributed by atoms with Gasteiger partial charge in [-0.1, -0.05) is 57.6 Å². The monoisotopic (exact) mass is 386 g/mol. The van der Waals surface area contributed by atoms with Gasteiger partial charge >= 0.3 is 6.18 Å². The Labute approximate surface area is 163 Å². The van der Waals surface area contributed by atoms with Gasteiger partial charge in [-0.2, -0.15) is 13.2 Å². The molecule has 0 N–H and O–H groups in total. The van der Waals surface area contributed by atoms with Crippen molar-refractivity contribution in [3.63, 3.8) is 0 Å². The topological polar surface area (TPSA) is 9.23 Å². The van der Waals surface area contributed by atoms with Crippen LogP contribution in [0.5, 0.6) is 0 Å². The average Bonchev–Trinajstić information content (AvgIpc) is 2.62. The molecule has 0 spiro atoms. The molecule has 4 heteroatoms. The van der Waals surface area contributed by atoms with Crippen molar-refractivity contribution in [2.24, 2.45) is 5.92 Å². The minimum atomic E-state index is -4.26. The maximum absolute atomic E-state index is 12.6. The minimum absolute atomic E-state index is 0.163. The van der Waals surface area contributed by atoms with E-state index in [2.05, 4.69) is 20.8 Å². The largest absolute Gasteiger partial charge is 0.416 e. The third kappa shape index (κ3) is 9.14. The Morgan fingerprint density at radius 1 is 0.852 bits per heavy atom. The number of halogens is 3. The normalized spacial score (nSPS) is 13.7. The summed E-state index contributed by atoms with van der Waals surface area (Å²) in [4.78, 5) is 0. The number of hydrogen-bond donors (Lipinski definition) is 0. The number of hydrogen-bond acceptors (Lipinski definition) is 1. The van der Waals surface area contributed by atoms with Crippen LogP contribution in [0, 0.1) is 5.92 Å². The lowest BCUT2D eigenvalue weighted by atomic mass is 9.82. The van der Waals surface area contributed by atoms with Crippen molar-refractivity contribution in [2.45, 2.75) is 96.8 Å². The van der Waals surface area contributed by atoms with Crippen molar-refractivity contribution in [3.8, 4) is 0 Å². The lowest BCUT2D eigenvalue weighted by molar-refractivity contribution is -0.137. The number of aryl methyl sites for hydroxylation is 1. The predicted octanol–water partition coefficient (Wildman–Crippen LogP) is 7.82. The lowest BCUT2D eigenvalue weighted by Gasteiger charge is -2.33. The van der Waals surface area contributed by atoms with Gasteiger partial charge < -0.3 is 4.74 Å². The fraction of sp³-hybridized carbons (Fsp3) is 0.739. The Balaban J connectivity index is 2.46. The van der Waals surface area contributed by atoms with Crippen LogP contribution in [-0.4, -0.2) is 12.7 Å². The molecule has 1 unspecified atom stereocenters. The van der Waals surface area contributed by atoms with Gasteiger partial charge in [0, 0.05) is 7.11 Å². The first-order valence-corrected chi connectivity index (χ1v) is 10.4. The maximum atomic E-state index is 12.6. The minimum Gasteiger partial charge on any atom is -0.379 e. The molecule has 156 valence electrons. The molecule has 0 bridgehead atoms. The summed E-state index contributed by atoms with van der Waals surface area (Å²) in [5.74, 6) is 0.475. The van der Waals surface area contributed by atoms with Crippen molar-refractivity contribution in [3.05, 3.63) is 35.4 Å². The zero-order chi connectivity index (χ0) is 20.3. The zero-order valence-electron chi connectivity index (χ0n) is 17.5. The molecule has 0 saturated carbocycles. The third-order valence-corrected chi connectivity index (χ3v) is 5.71. The van der Waals surface area contributed by atoms with Crippen LogP contribution >= 0.6 is 0 Å². The van der Waals surface area contributed by atoms with Gasteiger partial charge in [0.2, 0.25) is 0 Å². The summed E-state index contributed by atoms with van der Waals surface area (Å²) in [6.45, 7) is 6.52. The molecule has 0 aromatic heterocycles. The van der Waals surface area contributed by atoms with Crippen molar-refractivity contribution in [1.29, 1.82) is 0 Å². The van der Waals surface area contributed by atoms with E-state index in [4.69, 9.17) is 4.74 Å². The molecule has 0 aliphatic carbocycles. The van der Waals surface area contributed by atoms with Crippen molar-refractivity contribution in [1.82, 2.24) is 0 Å². The van der Waals surface area contributed by atoms with Gasteiger partial charge in [-0.3, -0.25) is 0 Å². The van der Waals surface area contributed by atoms with Crippen LogP contribution in [0.1, 0.15) is 89.7 Å². The fourth-order valence-corrected chi connectivity index (χ4v) is 3.59. The summed E-state index contributed by atoms with van der Waals surface area (Å²) in [6, 6.07) is 5.57. The molecule has 0 saturated heterocycles. The highest BCUT2D eigenvalue weighted by molar-refractivity contribution is 5.24. The summed E-state index contributed by atoms with van der Waals surface area (Å²) >= 11 is 0. The highest BCUT2D eigenvalue weighted by atomic mass is 19.4. The number of unbranched alkanes of at least 4 members (excludes halogenated alkanes) is 5. The van der Waals surface area contributed by atoms with Gasteiger partial charge in [0.05, 0.1) is 11.2 Å². The van der Waals surface area contributed by atoms with E-state index in [1.54, 1.807) is 19.2 Å². The van der Waals surface area contributed by atoms with Crippen molar-refractivity contribution in [2.75, 3.05) is 7.11 Å². The van der Waals surface area contributed by atoms with Gasteiger partial charge in [-0.25, -0.2) is 0 Å². The molecule has 0 aliphatic heterocycles. The maximum Gasteiger partial charge on any atom is 0.416 e. The molecular formula is C23H37F3O. The molecule has 0 aliphatic rings. The first-order chi connectivity index (χ1) is 12.7. The highest BCUT2D eigenvalue weighted by Crippen LogP contribution is 2.32. The van der Waals surface area contributed by atoms with Crippen LogP contribution in [0.3, 0.4) is 0 Å². The summed E-state index contributed by atoms with van der Waals surface area (Å²) in [5, 5.41) is 0. The number of ether oxygens (including phenoxy) is 1. The van der Waals surface area contributed by atoms with Gasteiger partial charge in [0.25, 0.3) is 0 Å². The molecule has 0 heterocycles. The van der Waals surface area contributed by atoms with Gasteiger partial charge in [-0.15, -0.1) is 0 Å². The molecule has 0 fully saturated rings. The predicted molar refractivity (Wildman–Crippen MR) is 107 cm³/mol. The van der Waals surface area contributed by atoms with Crippen LogP contribution in [0.4, 0.5) is 13.2 Å². The van der Waals surface area contributed by atoms with E-state index < -0.39 is 11.7 Å². The third-order valence-electron chi connectivity index (χ3n) is 5.71. The lowest BCUT2D eigenvalue weighted by Crippen LogP contribution is -2.33. The van der Waals surface area contributed by atoms with Crippen LogP contribution in [0.25, 0.3) is 0 Å². The average molecular weight is 387 g/mol. The number of alkyl halides is 3. The Hall–Kier alpha value is -1.03. The Kier molecular flexibility index (Phi) is 10.4. The van der Waals surface area contributed by atoms with E-state index in [9.17, 15) is 13.2 Å². The molecular weight excluding hydrogens is 349 g/mol. The molecule has 1 aromatic rings. The molecule has 0 amide bonds. The van der Waals surface area contributed by atoms with E-state index in [0.29, 0.717) is 5.92 Å². The standard InChI is InChI=1S/C23H37F3O/c1-5-6-7-8-9-10-13-20(22(2,3)27-4)14-11-12-19-15-17-21(18-16-19)23(24,25)26/h15-18,20H,5-14H2,1-4H3. The number of benzene rings is 1. The smallest absolute Gasteiger partial charge is 0.379 e. The zero-order valence-corrected chi connectivity index (χ0v) is 17.5. The molecule has 1 atom stereocenters. The number of methoxy groups -OCH3 is 1. The second kappa shape index (κ2) is 11.7. The number of rotatable bonds is 13. The van der Waals surface area contributed by atoms with Gasteiger partial charge in [0.15, 0.2) is 0 Å². The van der Waals surface area contributed by atoms with Crippen LogP contribution < -0.4 is 0 Å². The second-order valence-electron chi connectivity index (χ2n) is 8.15. The van der Waals surface area contributed by atoms with E-state index in [-0.39, 0.29) is 5.60 Å². The van der Waals surface area contributed by atoms with Crippen LogP contribution in [0.15, 0.2) is 24.3 Å². The SMILES string of the molecule is CCCCCCCCC(CCCc1ccc(C(F)(F)F)cc1)C(C)(C)OC. The fourth-order valence-electron chi connectivity index (χ4n) is 3.59. The highest BCUT2D eigenvalue weighted by Gasteiger charge is 2.30. The quantitative estimate of drug-likeness (QED) is 0.314. The Morgan fingerprint density at radius 2 is 1.41 bits per heavy atom. The Morgan fingerprint density at radius 3 is 1.96 bits per heavy atom. The van der Waals surface area contributed by atoms with E-state index in [0.717, 1.165) is 31.2 Å². The molecule has 1 aromatic carbocycles. The summed E-state index contributed by atoms with van der Waals surface area (Å²) in [6.07, 6.45) is 7.42. The molecule has 27 heavy (non-hydrogen) atoms. The first kappa shape index (κ1) is 24.0. The summed E-state index contributed by atoms with van der Waals surface area (Å²) < 4.78 is 43.7. The van der Waals surface area contributed by atoms with E-state index >= 15 is 0 Å². The molecule has 1 nitrogen and oxygen atoms in total. The molecule has 1 rings (SSSR count). The first-order valence-electron chi connectivity index (χ1n) is 10.4. The second-order valence-corrected chi connectivity index (χ2v) is 8.15.